The Balaban J connectivity index is 1.25. The number of pyridine rings is 2. The van der Waals surface area contributed by atoms with E-state index in [1.807, 2.05) is 44.6 Å². The molecule has 0 bridgehead atoms. The van der Waals surface area contributed by atoms with Crippen LogP contribution in [0.15, 0.2) is 60.4 Å². The summed E-state index contributed by atoms with van der Waals surface area (Å²) in [7, 11) is -4.05. The van der Waals surface area contributed by atoms with Crippen molar-refractivity contribution < 1.29 is 17.9 Å². The second-order valence-electron chi connectivity index (χ2n) is 11.1. The zero-order chi connectivity index (χ0) is 28.2. The lowest BCUT2D eigenvalue weighted by atomic mass is 10.1. The van der Waals surface area contributed by atoms with Crippen LogP contribution in [0.1, 0.15) is 45.2 Å². The van der Waals surface area contributed by atoms with Crippen molar-refractivity contribution in [3.8, 4) is 11.1 Å². The molecule has 5 aromatic heterocycles. The summed E-state index contributed by atoms with van der Waals surface area (Å²) in [5.41, 5.74) is 3.25. The van der Waals surface area contributed by atoms with E-state index in [0.717, 1.165) is 33.6 Å². The largest absolute Gasteiger partial charge is 0.444 e. The van der Waals surface area contributed by atoms with Crippen LogP contribution in [0.25, 0.3) is 27.8 Å². The molecule has 6 rings (SSSR count). The van der Waals surface area contributed by atoms with Gasteiger partial charge in [0.25, 0.3) is 0 Å². The monoisotopic (exact) mass is 562 g/mol. The van der Waals surface area contributed by atoms with Crippen molar-refractivity contribution in [1.29, 1.82) is 0 Å². The molecule has 0 aliphatic carbocycles. The molecule has 40 heavy (non-hydrogen) atoms. The highest BCUT2D eigenvalue weighted by molar-refractivity contribution is 7.90. The average molecular weight is 563 g/mol. The van der Waals surface area contributed by atoms with Gasteiger partial charge in [-0.2, -0.15) is 22.7 Å². The molecule has 0 radical (unpaired) electrons. The number of rotatable bonds is 4. The first kappa shape index (κ1) is 26.0. The third-order valence-corrected chi connectivity index (χ3v) is 8.50. The molecule has 5 aromatic rings. The Hall–Kier alpha value is -4.26. The molecule has 0 unspecified atom stereocenters. The number of imidazole rings is 1. The number of carbonyl (C=O) groups excluding carboxylic acids is 1. The maximum atomic E-state index is 13.7. The highest BCUT2D eigenvalue weighted by Crippen LogP contribution is 2.28. The van der Waals surface area contributed by atoms with Gasteiger partial charge in [-0.15, -0.1) is 0 Å². The predicted octanol–water partition coefficient (Wildman–Crippen LogP) is 4.06. The van der Waals surface area contributed by atoms with Crippen LogP contribution >= 0.6 is 0 Å². The van der Waals surface area contributed by atoms with Gasteiger partial charge in [0.15, 0.2) is 5.03 Å². The van der Waals surface area contributed by atoms with E-state index in [0.29, 0.717) is 29.8 Å². The SMILES string of the molecule is Cc1ccc2ncc(S(=O)(=O)n3ncc4ncc(-c5cnn(C6CCN(C(=O)OC(C)(C)C)CC6)c5)cc43)n2c1. The molecule has 12 nitrogen and oxygen atoms in total. The Labute approximate surface area is 231 Å². The van der Waals surface area contributed by atoms with Gasteiger partial charge in [0.1, 0.15) is 22.3 Å². The first-order chi connectivity index (χ1) is 19.0. The smallest absolute Gasteiger partial charge is 0.410 e. The van der Waals surface area contributed by atoms with Crippen molar-refractivity contribution in [2.45, 2.75) is 57.2 Å². The molecule has 13 heteroatoms. The summed E-state index contributed by atoms with van der Waals surface area (Å²) in [4.78, 5) is 22.8. The molecular formula is C27H30N8O4S. The summed E-state index contributed by atoms with van der Waals surface area (Å²) in [6.45, 7) is 8.64. The summed E-state index contributed by atoms with van der Waals surface area (Å²) >= 11 is 0. The lowest BCUT2D eigenvalue weighted by Gasteiger charge is -2.33. The molecular weight excluding hydrogens is 532 g/mol. The number of ether oxygens (including phenoxy) is 1. The summed E-state index contributed by atoms with van der Waals surface area (Å²) < 4.78 is 37.3. The summed E-state index contributed by atoms with van der Waals surface area (Å²) in [5, 5.41) is 8.76. The zero-order valence-corrected chi connectivity index (χ0v) is 23.5. The standard InChI is InChI=1S/C27H30N8O4S/c1-18-5-6-24-29-15-25(33(24)16-18)40(37,38)35-23-11-19(12-28-22(23)14-31-35)20-13-30-34(17-20)21-7-9-32(10-8-21)26(36)39-27(2,3)4/h5-6,11-17,21H,7-10H2,1-4H3. The van der Waals surface area contributed by atoms with Gasteiger partial charge >= 0.3 is 16.1 Å². The van der Waals surface area contributed by atoms with Crippen molar-refractivity contribution >= 4 is 32.8 Å². The minimum absolute atomic E-state index is 0.0205. The van der Waals surface area contributed by atoms with Crippen molar-refractivity contribution in [2.24, 2.45) is 0 Å². The van der Waals surface area contributed by atoms with Gasteiger partial charge in [-0.05, 0) is 58.2 Å². The van der Waals surface area contributed by atoms with Crippen LogP contribution in [0.3, 0.4) is 0 Å². The Morgan fingerprint density at radius 1 is 0.975 bits per heavy atom. The van der Waals surface area contributed by atoms with Crippen LogP contribution in [0.4, 0.5) is 4.79 Å². The van der Waals surface area contributed by atoms with Gasteiger partial charge in [-0.3, -0.25) is 14.1 Å². The topological polar surface area (TPSA) is 130 Å². The second kappa shape index (κ2) is 9.44. The molecule has 1 amide bonds. The minimum Gasteiger partial charge on any atom is -0.444 e. The fourth-order valence-corrected chi connectivity index (χ4v) is 6.24. The Bertz CT molecular complexity index is 1840. The number of carbonyl (C=O) groups is 1. The summed E-state index contributed by atoms with van der Waals surface area (Å²) in [5.74, 6) is 0. The van der Waals surface area contributed by atoms with Crippen molar-refractivity contribution in [3.05, 3.63) is 60.9 Å². The molecule has 0 atom stereocenters. The molecule has 1 saturated heterocycles. The molecule has 0 saturated carbocycles. The van der Waals surface area contributed by atoms with Gasteiger partial charge in [-0.25, -0.2) is 9.78 Å². The van der Waals surface area contributed by atoms with Crippen LogP contribution in [0.2, 0.25) is 0 Å². The normalized spacial score (nSPS) is 15.2. The molecule has 1 aliphatic rings. The van der Waals surface area contributed by atoms with Gasteiger partial charge < -0.3 is 9.64 Å². The number of nitrogens with zero attached hydrogens (tertiary/aromatic N) is 8. The number of aryl methyl sites for hydroxylation is 1. The van der Waals surface area contributed by atoms with Gasteiger partial charge in [0.2, 0.25) is 0 Å². The van der Waals surface area contributed by atoms with Crippen LogP contribution in [0, 0.1) is 6.92 Å². The van der Waals surface area contributed by atoms with Crippen LogP contribution < -0.4 is 0 Å². The van der Waals surface area contributed by atoms with Gasteiger partial charge in [0, 0.05) is 42.8 Å². The lowest BCUT2D eigenvalue weighted by molar-refractivity contribution is 0.0184. The number of likely N-dealkylation sites (tertiary alicyclic amines) is 1. The third-order valence-electron chi connectivity index (χ3n) is 6.92. The van der Waals surface area contributed by atoms with Crippen LogP contribution in [-0.2, 0) is 14.8 Å². The molecule has 0 aromatic carbocycles. The summed E-state index contributed by atoms with van der Waals surface area (Å²) in [6, 6.07) is 5.54. The highest BCUT2D eigenvalue weighted by atomic mass is 32.2. The number of hydrogen-bond donors (Lipinski definition) is 0. The Morgan fingerprint density at radius 3 is 2.50 bits per heavy atom. The van der Waals surface area contributed by atoms with Gasteiger partial charge in [0.05, 0.1) is 24.6 Å². The molecule has 1 fully saturated rings. The fraction of sp³-hybridized carbons (Fsp3) is 0.370. The molecule has 208 valence electrons. The van der Waals surface area contributed by atoms with Crippen molar-refractivity contribution in [2.75, 3.05) is 13.1 Å². The van der Waals surface area contributed by atoms with E-state index in [2.05, 4.69) is 20.2 Å². The third kappa shape index (κ3) is 4.70. The number of piperidine rings is 1. The molecule has 0 N–H and O–H groups in total. The van der Waals surface area contributed by atoms with E-state index in [9.17, 15) is 13.2 Å². The van der Waals surface area contributed by atoms with E-state index in [1.54, 1.807) is 40.0 Å². The number of hydrogen-bond acceptors (Lipinski definition) is 8. The zero-order valence-electron chi connectivity index (χ0n) is 22.7. The van der Waals surface area contributed by atoms with E-state index < -0.39 is 15.6 Å². The minimum atomic E-state index is -4.05. The van der Waals surface area contributed by atoms with Crippen LogP contribution in [-0.4, -0.2) is 71.4 Å². The van der Waals surface area contributed by atoms with E-state index in [1.165, 1.54) is 12.4 Å². The first-order valence-electron chi connectivity index (χ1n) is 13.1. The number of amides is 1. The molecule has 0 spiro atoms. The Morgan fingerprint density at radius 2 is 1.75 bits per heavy atom. The summed E-state index contributed by atoms with van der Waals surface area (Å²) in [6.07, 6.45) is 11.1. The fourth-order valence-electron chi connectivity index (χ4n) is 4.91. The lowest BCUT2D eigenvalue weighted by Crippen LogP contribution is -2.42. The predicted molar refractivity (Wildman–Crippen MR) is 147 cm³/mol. The maximum absolute atomic E-state index is 13.7. The van der Waals surface area contributed by atoms with E-state index in [4.69, 9.17) is 4.74 Å². The highest BCUT2D eigenvalue weighted by Gasteiger charge is 2.28. The number of fused-ring (bicyclic) bond motifs is 2. The Kier molecular flexibility index (Phi) is 6.13. The molecule has 1 aliphatic heterocycles. The van der Waals surface area contributed by atoms with E-state index in [-0.39, 0.29) is 17.2 Å². The molecule has 6 heterocycles. The second-order valence-corrected chi connectivity index (χ2v) is 12.8. The number of aromatic nitrogens is 7. The quantitative estimate of drug-likeness (QED) is 0.321. The first-order valence-corrected chi connectivity index (χ1v) is 14.5. The van der Waals surface area contributed by atoms with E-state index >= 15 is 0 Å². The van der Waals surface area contributed by atoms with Gasteiger partial charge in [-0.1, -0.05) is 6.07 Å². The van der Waals surface area contributed by atoms with Crippen LogP contribution in [0.5, 0.6) is 0 Å². The van der Waals surface area contributed by atoms with Crippen molar-refractivity contribution in [3.63, 3.8) is 0 Å². The maximum Gasteiger partial charge on any atom is 0.410 e. The average Bonchev–Trinajstić information content (AvgIpc) is 3.65. The van der Waals surface area contributed by atoms with Crippen molar-refractivity contribution in [1.82, 2.24) is 38.2 Å².